The van der Waals surface area contributed by atoms with Crippen LogP contribution in [0.2, 0.25) is 0 Å². The predicted octanol–water partition coefficient (Wildman–Crippen LogP) is 0.920. The van der Waals surface area contributed by atoms with Gasteiger partial charge in [0.2, 0.25) is 15.9 Å². The van der Waals surface area contributed by atoms with E-state index in [2.05, 4.69) is 17.2 Å². The smallest absolute Gasteiger partial charge is 0.245 e. The van der Waals surface area contributed by atoms with Gasteiger partial charge in [0.1, 0.15) is 5.66 Å². The van der Waals surface area contributed by atoms with Crippen LogP contribution in [0.15, 0.2) is 35.7 Å². The van der Waals surface area contributed by atoms with E-state index >= 15 is 0 Å². The van der Waals surface area contributed by atoms with Gasteiger partial charge >= 0.3 is 0 Å². The minimum Gasteiger partial charge on any atom is -0.336 e. The van der Waals surface area contributed by atoms with E-state index in [1.165, 1.54) is 4.31 Å². The van der Waals surface area contributed by atoms with Crippen LogP contribution in [-0.4, -0.2) is 43.9 Å². The summed E-state index contributed by atoms with van der Waals surface area (Å²) in [5.41, 5.74) is 0.978. The Kier molecular flexibility index (Phi) is 4.03. The van der Waals surface area contributed by atoms with Crippen LogP contribution in [0.4, 0.5) is 0 Å². The van der Waals surface area contributed by atoms with E-state index in [1.807, 2.05) is 6.92 Å². The first-order chi connectivity index (χ1) is 10.8. The molecule has 1 aromatic carbocycles. The molecule has 7 heteroatoms. The molecule has 2 aliphatic heterocycles. The zero-order valence-corrected chi connectivity index (χ0v) is 13.9. The number of hydrogen-bond acceptors (Lipinski definition) is 4. The van der Waals surface area contributed by atoms with Gasteiger partial charge in [-0.15, -0.1) is 0 Å². The van der Waals surface area contributed by atoms with Crippen LogP contribution < -0.4 is 10.6 Å². The van der Waals surface area contributed by atoms with Gasteiger partial charge < -0.3 is 10.6 Å². The monoisotopic (exact) mass is 335 g/mol. The SMILES string of the molecule is C=C(C)c1ccc(S(=O)(=O)N2CC(=O)NC23CCNCC3)cc1. The molecule has 0 saturated carbocycles. The lowest BCUT2D eigenvalue weighted by Crippen LogP contribution is -2.59. The molecule has 23 heavy (non-hydrogen) atoms. The highest BCUT2D eigenvalue weighted by atomic mass is 32.2. The summed E-state index contributed by atoms with van der Waals surface area (Å²) in [5, 5.41) is 6.08. The molecule has 2 fully saturated rings. The Morgan fingerprint density at radius 1 is 1.22 bits per heavy atom. The summed E-state index contributed by atoms with van der Waals surface area (Å²) in [7, 11) is -3.73. The third-order valence-corrected chi connectivity index (χ3v) is 6.43. The van der Waals surface area contributed by atoms with Gasteiger partial charge in [0.05, 0.1) is 11.4 Å². The molecule has 0 atom stereocenters. The second-order valence-electron chi connectivity index (χ2n) is 6.15. The van der Waals surface area contributed by atoms with Crippen LogP contribution in [0.1, 0.15) is 25.3 Å². The number of sulfonamides is 1. The Morgan fingerprint density at radius 2 is 1.83 bits per heavy atom. The fraction of sp³-hybridized carbons (Fsp3) is 0.438. The lowest BCUT2D eigenvalue weighted by molar-refractivity contribution is -0.119. The molecular weight excluding hydrogens is 314 g/mol. The Hall–Kier alpha value is -1.70. The van der Waals surface area contributed by atoms with Crippen LogP contribution in [0.5, 0.6) is 0 Å². The Labute approximate surface area is 136 Å². The van der Waals surface area contributed by atoms with E-state index in [1.54, 1.807) is 24.3 Å². The number of carbonyl (C=O) groups is 1. The average molecular weight is 335 g/mol. The van der Waals surface area contributed by atoms with E-state index < -0.39 is 15.7 Å². The van der Waals surface area contributed by atoms with Gasteiger partial charge in [-0.25, -0.2) is 8.42 Å². The molecule has 3 rings (SSSR count). The first-order valence-corrected chi connectivity index (χ1v) is 9.10. The number of allylic oxidation sites excluding steroid dienone is 1. The van der Waals surface area contributed by atoms with Gasteiger partial charge in [0.25, 0.3) is 0 Å². The molecular formula is C16H21N3O3S. The molecule has 2 N–H and O–H groups in total. The molecule has 2 aliphatic rings. The molecule has 0 radical (unpaired) electrons. The highest BCUT2D eigenvalue weighted by Crippen LogP contribution is 2.33. The van der Waals surface area contributed by atoms with Crippen molar-refractivity contribution in [1.82, 2.24) is 14.9 Å². The van der Waals surface area contributed by atoms with E-state index in [0.29, 0.717) is 25.9 Å². The molecule has 124 valence electrons. The summed E-state index contributed by atoms with van der Waals surface area (Å²) in [5.74, 6) is -0.242. The number of piperidine rings is 1. The number of nitrogens with zero attached hydrogens (tertiary/aromatic N) is 1. The predicted molar refractivity (Wildman–Crippen MR) is 88.0 cm³/mol. The highest BCUT2D eigenvalue weighted by molar-refractivity contribution is 7.89. The number of rotatable bonds is 3. The molecule has 2 heterocycles. The summed E-state index contributed by atoms with van der Waals surface area (Å²) in [6, 6.07) is 6.65. The molecule has 1 spiro atoms. The number of nitrogens with one attached hydrogen (secondary N) is 2. The maximum Gasteiger partial charge on any atom is 0.245 e. The van der Waals surface area contributed by atoms with Gasteiger partial charge in [-0.3, -0.25) is 4.79 Å². The summed E-state index contributed by atoms with van der Waals surface area (Å²) in [6.07, 6.45) is 1.14. The number of amides is 1. The Bertz CT molecular complexity index is 734. The fourth-order valence-electron chi connectivity index (χ4n) is 3.21. The van der Waals surface area contributed by atoms with E-state index in [4.69, 9.17) is 0 Å². The molecule has 0 unspecified atom stereocenters. The first-order valence-electron chi connectivity index (χ1n) is 7.66. The lowest BCUT2D eigenvalue weighted by atomic mass is 9.99. The van der Waals surface area contributed by atoms with Gasteiger partial charge in [-0.1, -0.05) is 24.3 Å². The van der Waals surface area contributed by atoms with E-state index in [0.717, 1.165) is 11.1 Å². The summed E-state index contributed by atoms with van der Waals surface area (Å²) < 4.78 is 27.4. The molecule has 1 aromatic rings. The molecule has 0 bridgehead atoms. The molecule has 0 aromatic heterocycles. The van der Waals surface area contributed by atoms with Crippen molar-refractivity contribution in [2.45, 2.75) is 30.3 Å². The van der Waals surface area contributed by atoms with E-state index in [-0.39, 0.29) is 17.3 Å². The van der Waals surface area contributed by atoms with Crippen LogP contribution in [-0.2, 0) is 14.8 Å². The van der Waals surface area contributed by atoms with Crippen molar-refractivity contribution in [2.75, 3.05) is 19.6 Å². The van der Waals surface area contributed by atoms with Crippen molar-refractivity contribution in [2.24, 2.45) is 0 Å². The standard InChI is InChI=1S/C16H21N3O3S/c1-12(2)13-3-5-14(6-4-13)23(21,22)19-11-15(20)18-16(19)7-9-17-10-8-16/h3-6,17H,1,7-11H2,2H3,(H,18,20). The number of carbonyl (C=O) groups excluding carboxylic acids is 1. The summed E-state index contributed by atoms with van der Waals surface area (Å²) >= 11 is 0. The quantitative estimate of drug-likeness (QED) is 0.861. The third kappa shape index (κ3) is 2.80. The highest BCUT2D eigenvalue weighted by Gasteiger charge is 2.51. The van der Waals surface area contributed by atoms with Gasteiger partial charge in [0, 0.05) is 0 Å². The summed E-state index contributed by atoms with van der Waals surface area (Å²) in [4.78, 5) is 12.1. The lowest BCUT2D eigenvalue weighted by Gasteiger charge is -2.39. The fourth-order valence-corrected chi connectivity index (χ4v) is 4.92. The molecule has 2 saturated heterocycles. The minimum atomic E-state index is -3.73. The van der Waals surface area contributed by atoms with Crippen molar-refractivity contribution >= 4 is 21.5 Å². The van der Waals surface area contributed by atoms with Crippen molar-refractivity contribution in [1.29, 1.82) is 0 Å². The second-order valence-corrected chi connectivity index (χ2v) is 8.01. The minimum absolute atomic E-state index is 0.120. The topological polar surface area (TPSA) is 78.5 Å². The van der Waals surface area contributed by atoms with Gasteiger partial charge in [-0.2, -0.15) is 4.31 Å². The zero-order valence-electron chi connectivity index (χ0n) is 13.1. The van der Waals surface area contributed by atoms with Crippen LogP contribution in [0.3, 0.4) is 0 Å². The average Bonchev–Trinajstić information content (AvgIpc) is 2.84. The van der Waals surface area contributed by atoms with Crippen molar-refractivity contribution in [3.63, 3.8) is 0 Å². The number of benzene rings is 1. The van der Waals surface area contributed by atoms with E-state index in [9.17, 15) is 13.2 Å². The van der Waals surface area contributed by atoms with Gasteiger partial charge in [-0.05, 0) is 50.6 Å². The maximum atomic E-state index is 13.0. The molecule has 6 nitrogen and oxygen atoms in total. The van der Waals surface area contributed by atoms with Crippen molar-refractivity contribution < 1.29 is 13.2 Å². The normalized spacial score (nSPS) is 21.3. The maximum absolute atomic E-state index is 13.0. The zero-order chi connectivity index (χ0) is 16.7. The first kappa shape index (κ1) is 16.2. The van der Waals surface area contributed by atoms with Crippen LogP contribution >= 0.6 is 0 Å². The Morgan fingerprint density at radius 3 is 2.39 bits per heavy atom. The third-order valence-electron chi connectivity index (χ3n) is 4.50. The van der Waals surface area contributed by atoms with Crippen molar-refractivity contribution in [3.05, 3.63) is 36.4 Å². The van der Waals surface area contributed by atoms with Crippen LogP contribution in [0, 0.1) is 0 Å². The van der Waals surface area contributed by atoms with Gasteiger partial charge in [0.15, 0.2) is 0 Å². The van der Waals surface area contributed by atoms with Crippen LogP contribution in [0.25, 0.3) is 5.57 Å². The Balaban J connectivity index is 1.97. The largest absolute Gasteiger partial charge is 0.336 e. The summed E-state index contributed by atoms with van der Waals surface area (Å²) in [6.45, 7) is 6.97. The van der Waals surface area contributed by atoms with Crippen molar-refractivity contribution in [3.8, 4) is 0 Å². The second kappa shape index (κ2) is 5.74. The molecule has 0 aliphatic carbocycles. The number of hydrogen-bond donors (Lipinski definition) is 2. The molecule has 1 amide bonds.